The summed E-state index contributed by atoms with van der Waals surface area (Å²) in [5, 5.41) is 8.93. The van der Waals surface area contributed by atoms with Crippen LogP contribution in [0.3, 0.4) is 0 Å². The second-order valence-electron chi connectivity index (χ2n) is 3.96. The molecule has 1 rings (SSSR count). The molecule has 1 heterocycles. The van der Waals surface area contributed by atoms with Crippen LogP contribution in [0.5, 0.6) is 0 Å². The fourth-order valence-electron chi connectivity index (χ4n) is 1.58. The Hall–Kier alpha value is -0.930. The van der Waals surface area contributed by atoms with Gasteiger partial charge < -0.3 is 5.11 Å². The van der Waals surface area contributed by atoms with E-state index in [1.807, 2.05) is 24.5 Å². The standard InChI is InChI=1S/C12H20N2O/c1-11(2)14(9-10-15)8-5-12-3-6-13-7-4-12/h3-4,6-7,11,15H,5,8-10H2,1-2H3. The lowest BCUT2D eigenvalue weighted by Crippen LogP contribution is -2.35. The molecule has 3 nitrogen and oxygen atoms in total. The third kappa shape index (κ3) is 4.40. The van der Waals surface area contributed by atoms with Gasteiger partial charge in [0.15, 0.2) is 0 Å². The molecule has 0 atom stereocenters. The minimum Gasteiger partial charge on any atom is -0.395 e. The first-order valence-electron chi connectivity index (χ1n) is 5.48. The maximum absolute atomic E-state index is 8.93. The predicted octanol–water partition coefficient (Wildman–Crippen LogP) is 1.33. The van der Waals surface area contributed by atoms with E-state index in [-0.39, 0.29) is 6.61 Å². The monoisotopic (exact) mass is 208 g/mol. The average Bonchev–Trinajstić information content (AvgIpc) is 2.25. The topological polar surface area (TPSA) is 36.4 Å². The van der Waals surface area contributed by atoms with Crippen LogP contribution in [0.15, 0.2) is 24.5 Å². The van der Waals surface area contributed by atoms with Gasteiger partial charge in [-0.3, -0.25) is 9.88 Å². The summed E-state index contributed by atoms with van der Waals surface area (Å²) >= 11 is 0. The molecular formula is C12H20N2O. The van der Waals surface area contributed by atoms with E-state index >= 15 is 0 Å². The molecule has 1 aromatic heterocycles. The molecule has 0 saturated heterocycles. The van der Waals surface area contributed by atoms with Crippen LogP contribution in [0.2, 0.25) is 0 Å². The Labute approximate surface area is 91.8 Å². The van der Waals surface area contributed by atoms with E-state index < -0.39 is 0 Å². The minimum absolute atomic E-state index is 0.231. The first-order valence-corrected chi connectivity index (χ1v) is 5.48. The Balaban J connectivity index is 2.40. The minimum atomic E-state index is 0.231. The van der Waals surface area contributed by atoms with Gasteiger partial charge in [0.25, 0.3) is 0 Å². The fraction of sp³-hybridized carbons (Fsp3) is 0.583. The molecule has 15 heavy (non-hydrogen) atoms. The Kier molecular flexibility index (Phi) is 5.29. The Morgan fingerprint density at radius 3 is 2.47 bits per heavy atom. The van der Waals surface area contributed by atoms with Crippen molar-refractivity contribution in [1.29, 1.82) is 0 Å². The van der Waals surface area contributed by atoms with Gasteiger partial charge in [0.1, 0.15) is 0 Å². The molecule has 1 aromatic rings. The highest BCUT2D eigenvalue weighted by Gasteiger charge is 2.07. The number of rotatable bonds is 6. The van der Waals surface area contributed by atoms with E-state index in [1.165, 1.54) is 5.56 Å². The summed E-state index contributed by atoms with van der Waals surface area (Å²) < 4.78 is 0. The third-order valence-electron chi connectivity index (χ3n) is 2.55. The summed E-state index contributed by atoms with van der Waals surface area (Å²) in [6.07, 6.45) is 4.66. The van der Waals surface area contributed by atoms with Crippen LogP contribution in [0.4, 0.5) is 0 Å². The second-order valence-corrected chi connectivity index (χ2v) is 3.96. The van der Waals surface area contributed by atoms with E-state index in [2.05, 4.69) is 23.7 Å². The molecule has 0 radical (unpaired) electrons. The lowest BCUT2D eigenvalue weighted by molar-refractivity contribution is 0.167. The second kappa shape index (κ2) is 6.53. The van der Waals surface area contributed by atoms with Crippen LogP contribution in [0, 0.1) is 0 Å². The number of aliphatic hydroxyl groups excluding tert-OH is 1. The van der Waals surface area contributed by atoms with Crippen molar-refractivity contribution in [2.45, 2.75) is 26.3 Å². The Bertz CT molecular complexity index is 262. The zero-order valence-electron chi connectivity index (χ0n) is 9.56. The van der Waals surface area contributed by atoms with E-state index in [0.29, 0.717) is 6.04 Å². The van der Waals surface area contributed by atoms with Crippen LogP contribution >= 0.6 is 0 Å². The SMILES string of the molecule is CC(C)N(CCO)CCc1ccncc1. The highest BCUT2D eigenvalue weighted by Crippen LogP contribution is 2.03. The summed E-state index contributed by atoms with van der Waals surface area (Å²) in [7, 11) is 0. The van der Waals surface area contributed by atoms with Crippen LogP contribution < -0.4 is 0 Å². The third-order valence-corrected chi connectivity index (χ3v) is 2.55. The summed E-state index contributed by atoms with van der Waals surface area (Å²) in [5.41, 5.74) is 1.30. The van der Waals surface area contributed by atoms with Gasteiger partial charge in [-0.05, 0) is 38.0 Å². The van der Waals surface area contributed by atoms with Crippen molar-refractivity contribution in [1.82, 2.24) is 9.88 Å². The molecule has 0 aliphatic carbocycles. The number of pyridine rings is 1. The zero-order valence-corrected chi connectivity index (χ0v) is 9.56. The number of hydrogen-bond donors (Lipinski definition) is 1. The van der Waals surface area contributed by atoms with Crippen molar-refractivity contribution in [3.8, 4) is 0 Å². The molecule has 0 unspecified atom stereocenters. The molecule has 0 spiro atoms. The Morgan fingerprint density at radius 2 is 1.93 bits per heavy atom. The van der Waals surface area contributed by atoms with E-state index in [4.69, 9.17) is 5.11 Å². The maximum Gasteiger partial charge on any atom is 0.0558 e. The highest BCUT2D eigenvalue weighted by atomic mass is 16.3. The zero-order chi connectivity index (χ0) is 11.1. The van der Waals surface area contributed by atoms with Crippen molar-refractivity contribution in [3.63, 3.8) is 0 Å². The normalized spacial score (nSPS) is 11.3. The molecule has 0 amide bonds. The van der Waals surface area contributed by atoms with Crippen molar-refractivity contribution in [3.05, 3.63) is 30.1 Å². The van der Waals surface area contributed by atoms with Gasteiger partial charge >= 0.3 is 0 Å². The lowest BCUT2D eigenvalue weighted by Gasteiger charge is -2.25. The molecule has 3 heteroatoms. The highest BCUT2D eigenvalue weighted by molar-refractivity contribution is 5.09. The quantitative estimate of drug-likeness (QED) is 0.766. The van der Waals surface area contributed by atoms with Gasteiger partial charge in [-0.15, -0.1) is 0 Å². The summed E-state index contributed by atoms with van der Waals surface area (Å²) in [6, 6.07) is 4.56. The smallest absolute Gasteiger partial charge is 0.0558 e. The average molecular weight is 208 g/mol. The van der Waals surface area contributed by atoms with Crippen molar-refractivity contribution in [2.75, 3.05) is 19.7 Å². The van der Waals surface area contributed by atoms with Gasteiger partial charge in [0, 0.05) is 31.5 Å². The number of hydrogen-bond acceptors (Lipinski definition) is 3. The van der Waals surface area contributed by atoms with Crippen LogP contribution in [0.1, 0.15) is 19.4 Å². The van der Waals surface area contributed by atoms with E-state index in [1.54, 1.807) is 0 Å². The van der Waals surface area contributed by atoms with Crippen molar-refractivity contribution < 1.29 is 5.11 Å². The maximum atomic E-state index is 8.93. The van der Waals surface area contributed by atoms with Gasteiger partial charge in [0.05, 0.1) is 6.61 Å². The molecule has 0 fully saturated rings. The molecule has 0 saturated carbocycles. The van der Waals surface area contributed by atoms with Gasteiger partial charge in [0.2, 0.25) is 0 Å². The van der Waals surface area contributed by atoms with Crippen LogP contribution in [0.25, 0.3) is 0 Å². The number of nitrogens with zero attached hydrogens (tertiary/aromatic N) is 2. The summed E-state index contributed by atoms with van der Waals surface area (Å²) in [5.74, 6) is 0. The first-order chi connectivity index (χ1) is 7.24. The molecule has 84 valence electrons. The van der Waals surface area contributed by atoms with Gasteiger partial charge in [-0.1, -0.05) is 0 Å². The Morgan fingerprint density at radius 1 is 1.27 bits per heavy atom. The lowest BCUT2D eigenvalue weighted by atomic mass is 10.2. The van der Waals surface area contributed by atoms with E-state index in [9.17, 15) is 0 Å². The van der Waals surface area contributed by atoms with Crippen molar-refractivity contribution in [2.24, 2.45) is 0 Å². The number of aromatic nitrogens is 1. The van der Waals surface area contributed by atoms with Crippen LogP contribution in [-0.4, -0.2) is 40.7 Å². The molecule has 0 bridgehead atoms. The summed E-state index contributed by atoms with van der Waals surface area (Å²) in [4.78, 5) is 6.27. The fourth-order valence-corrected chi connectivity index (χ4v) is 1.58. The largest absolute Gasteiger partial charge is 0.395 e. The molecule has 1 N–H and O–H groups in total. The van der Waals surface area contributed by atoms with Gasteiger partial charge in [-0.25, -0.2) is 0 Å². The molecule has 0 aliphatic heterocycles. The van der Waals surface area contributed by atoms with E-state index in [0.717, 1.165) is 19.5 Å². The first kappa shape index (κ1) is 12.1. The molecule has 0 aromatic carbocycles. The molecule has 0 aliphatic rings. The predicted molar refractivity (Wildman–Crippen MR) is 61.7 cm³/mol. The van der Waals surface area contributed by atoms with Gasteiger partial charge in [-0.2, -0.15) is 0 Å². The summed E-state index contributed by atoms with van der Waals surface area (Å²) in [6.45, 7) is 6.28. The molecular weight excluding hydrogens is 188 g/mol. The number of aliphatic hydroxyl groups is 1. The van der Waals surface area contributed by atoms with Crippen LogP contribution in [-0.2, 0) is 6.42 Å². The van der Waals surface area contributed by atoms with Crippen molar-refractivity contribution >= 4 is 0 Å².